The number of rotatable bonds is 14. The van der Waals surface area contributed by atoms with Gasteiger partial charge >= 0.3 is 22.1 Å². The highest BCUT2D eigenvalue weighted by Crippen LogP contribution is 2.30. The fraction of sp³-hybridized carbons (Fsp3) is 0.286. The van der Waals surface area contributed by atoms with Crippen LogP contribution in [0.3, 0.4) is 0 Å². The fourth-order valence-electron chi connectivity index (χ4n) is 3.73. The number of hydrogen-bond acceptors (Lipinski definition) is 9. The van der Waals surface area contributed by atoms with Crippen LogP contribution in [-0.2, 0) is 32.7 Å². The smallest absolute Gasteiger partial charge is 0.321 e. The van der Waals surface area contributed by atoms with Crippen molar-refractivity contribution in [2.45, 2.75) is 26.8 Å². The van der Waals surface area contributed by atoms with E-state index in [1.807, 2.05) is 24.4 Å². The lowest BCUT2D eigenvalue weighted by molar-refractivity contribution is -0.143. The molecule has 40 heavy (non-hydrogen) atoms. The lowest BCUT2D eigenvalue weighted by Gasteiger charge is -2.22. The molecule has 4 aromatic rings. The molecule has 2 aromatic carbocycles. The SMILES string of the molecule is CCOC(=O)CN(Cc1ccc(OCCc2nc(-c3cccs3)oc2OC)cc1)S(=O)(=O)Nc1ccc(C)cc1. The largest absolute Gasteiger partial charge is 0.493 e. The van der Waals surface area contributed by atoms with Crippen LogP contribution in [0.4, 0.5) is 5.69 Å². The highest BCUT2D eigenvalue weighted by Gasteiger charge is 2.26. The second-order valence-corrected chi connectivity index (χ2v) is 11.3. The lowest BCUT2D eigenvalue weighted by atomic mass is 10.2. The number of oxazole rings is 1. The molecule has 1 N–H and O–H groups in total. The predicted molar refractivity (Wildman–Crippen MR) is 153 cm³/mol. The first kappa shape index (κ1) is 29.1. The Morgan fingerprint density at radius 1 is 1.10 bits per heavy atom. The Hall–Kier alpha value is -3.87. The quantitative estimate of drug-likeness (QED) is 0.204. The fourth-order valence-corrected chi connectivity index (χ4v) is 5.54. The van der Waals surface area contributed by atoms with Gasteiger partial charge in [-0.15, -0.1) is 11.3 Å². The molecule has 0 spiro atoms. The molecular weight excluding hydrogens is 554 g/mol. The second kappa shape index (κ2) is 13.5. The van der Waals surface area contributed by atoms with Gasteiger partial charge in [0.15, 0.2) is 0 Å². The number of ether oxygens (including phenoxy) is 3. The molecule has 4 rings (SSSR count). The minimum absolute atomic E-state index is 0.0398. The standard InChI is InChI=1S/C28H31N3O7S2/c1-4-36-26(32)19-31(40(33,34)30-22-11-7-20(2)8-12-22)18-21-9-13-23(14-10-21)37-16-15-24-28(35-3)38-27(29-24)25-6-5-17-39-25/h5-14,17,30H,4,15-16,18-19H2,1-3H3. The first-order chi connectivity index (χ1) is 19.3. The number of anilines is 1. The maximum Gasteiger partial charge on any atom is 0.321 e. The Morgan fingerprint density at radius 3 is 2.50 bits per heavy atom. The number of benzene rings is 2. The average molecular weight is 586 g/mol. The normalized spacial score (nSPS) is 11.4. The van der Waals surface area contributed by atoms with Gasteiger partial charge in [0, 0.05) is 18.7 Å². The lowest BCUT2D eigenvalue weighted by Crippen LogP contribution is -2.39. The number of carbonyl (C=O) groups is 1. The van der Waals surface area contributed by atoms with Gasteiger partial charge in [-0.1, -0.05) is 35.9 Å². The molecular formula is C28H31N3O7S2. The molecule has 0 aliphatic rings. The molecule has 0 saturated heterocycles. The van der Waals surface area contributed by atoms with Crippen LogP contribution in [0.5, 0.6) is 11.7 Å². The van der Waals surface area contributed by atoms with Gasteiger partial charge in [0.2, 0.25) is 5.89 Å². The van der Waals surface area contributed by atoms with Crippen LogP contribution in [-0.4, -0.2) is 50.5 Å². The Kier molecular flexibility index (Phi) is 9.80. The van der Waals surface area contributed by atoms with Crippen molar-refractivity contribution < 1.29 is 31.8 Å². The number of nitrogens with zero attached hydrogens (tertiary/aromatic N) is 2. The van der Waals surface area contributed by atoms with Gasteiger partial charge in [-0.3, -0.25) is 9.52 Å². The van der Waals surface area contributed by atoms with Crippen molar-refractivity contribution in [1.82, 2.24) is 9.29 Å². The van der Waals surface area contributed by atoms with E-state index in [-0.39, 0.29) is 13.2 Å². The molecule has 10 nitrogen and oxygen atoms in total. The predicted octanol–water partition coefficient (Wildman–Crippen LogP) is 5.06. The summed E-state index contributed by atoms with van der Waals surface area (Å²) in [6.45, 7) is 3.59. The molecule has 0 atom stereocenters. The van der Waals surface area contributed by atoms with E-state index in [4.69, 9.17) is 18.6 Å². The van der Waals surface area contributed by atoms with E-state index in [0.29, 0.717) is 47.6 Å². The van der Waals surface area contributed by atoms with E-state index in [0.717, 1.165) is 14.7 Å². The number of hydrogen-bond donors (Lipinski definition) is 1. The number of esters is 1. The average Bonchev–Trinajstić information content (AvgIpc) is 3.61. The van der Waals surface area contributed by atoms with Crippen molar-refractivity contribution >= 4 is 33.2 Å². The number of methoxy groups -OCH3 is 1. The van der Waals surface area contributed by atoms with Gasteiger partial charge < -0.3 is 18.6 Å². The zero-order valence-corrected chi connectivity index (χ0v) is 24.1. The zero-order valence-electron chi connectivity index (χ0n) is 22.5. The third-order valence-electron chi connectivity index (χ3n) is 5.72. The number of aromatic nitrogens is 1. The van der Waals surface area contributed by atoms with Gasteiger partial charge in [0.1, 0.15) is 18.0 Å². The van der Waals surface area contributed by atoms with Crippen molar-refractivity contribution in [3.63, 3.8) is 0 Å². The minimum atomic E-state index is -4.05. The summed E-state index contributed by atoms with van der Waals surface area (Å²) < 4.78 is 51.8. The Morgan fingerprint density at radius 2 is 1.85 bits per heavy atom. The Balaban J connectivity index is 1.39. The zero-order chi connectivity index (χ0) is 28.5. The minimum Gasteiger partial charge on any atom is -0.493 e. The van der Waals surface area contributed by atoms with E-state index >= 15 is 0 Å². The third-order valence-corrected chi connectivity index (χ3v) is 8.01. The third kappa shape index (κ3) is 7.84. The van der Waals surface area contributed by atoms with Gasteiger partial charge in [-0.25, -0.2) is 4.98 Å². The molecule has 2 aromatic heterocycles. The summed E-state index contributed by atoms with van der Waals surface area (Å²) in [6.07, 6.45) is 0.468. The summed E-state index contributed by atoms with van der Waals surface area (Å²) in [5, 5.41) is 1.95. The van der Waals surface area contributed by atoms with Gasteiger partial charge in [0.25, 0.3) is 0 Å². The maximum atomic E-state index is 13.2. The van der Waals surface area contributed by atoms with E-state index < -0.39 is 22.7 Å². The molecule has 212 valence electrons. The number of carbonyl (C=O) groups excluding carboxylic acids is 1. The molecule has 0 fully saturated rings. The summed E-state index contributed by atoms with van der Waals surface area (Å²) in [5.74, 6) is 0.819. The molecule has 0 saturated carbocycles. The van der Waals surface area contributed by atoms with E-state index in [1.54, 1.807) is 55.5 Å². The number of nitrogens with one attached hydrogen (secondary N) is 1. The van der Waals surface area contributed by atoms with Crippen molar-refractivity contribution in [1.29, 1.82) is 0 Å². The van der Waals surface area contributed by atoms with Gasteiger partial charge in [-0.2, -0.15) is 12.7 Å². The van der Waals surface area contributed by atoms with Crippen LogP contribution in [0.1, 0.15) is 23.7 Å². The highest BCUT2D eigenvalue weighted by molar-refractivity contribution is 7.90. The summed E-state index contributed by atoms with van der Waals surface area (Å²) >= 11 is 1.53. The van der Waals surface area contributed by atoms with Gasteiger partial charge in [-0.05, 0) is 55.1 Å². The van der Waals surface area contributed by atoms with Crippen molar-refractivity contribution in [3.8, 4) is 22.5 Å². The van der Waals surface area contributed by atoms with Crippen LogP contribution in [0.15, 0.2) is 70.5 Å². The molecule has 12 heteroatoms. The van der Waals surface area contributed by atoms with Gasteiger partial charge in [0.05, 0.1) is 25.2 Å². The molecule has 2 heterocycles. The molecule has 0 bridgehead atoms. The summed E-state index contributed by atoms with van der Waals surface area (Å²) in [7, 11) is -2.52. The van der Waals surface area contributed by atoms with Crippen LogP contribution < -0.4 is 14.2 Å². The summed E-state index contributed by atoms with van der Waals surface area (Å²) in [4.78, 5) is 17.6. The monoisotopic (exact) mass is 585 g/mol. The second-order valence-electron chi connectivity index (χ2n) is 8.72. The number of thiophene rings is 1. The Bertz CT molecular complexity index is 1480. The molecule has 0 aliphatic heterocycles. The van der Waals surface area contributed by atoms with Crippen molar-refractivity contribution in [2.75, 3.05) is 31.6 Å². The summed E-state index contributed by atoms with van der Waals surface area (Å²) in [5.41, 5.74) is 2.72. The van der Waals surface area contributed by atoms with E-state index in [9.17, 15) is 13.2 Å². The summed E-state index contributed by atoms with van der Waals surface area (Å²) in [6, 6.07) is 17.8. The molecule has 0 aliphatic carbocycles. The highest BCUT2D eigenvalue weighted by atomic mass is 32.2. The first-order valence-electron chi connectivity index (χ1n) is 12.6. The maximum absolute atomic E-state index is 13.2. The van der Waals surface area contributed by atoms with E-state index in [2.05, 4.69) is 9.71 Å². The number of aryl methyl sites for hydroxylation is 1. The van der Waals surface area contributed by atoms with Crippen molar-refractivity contribution in [2.24, 2.45) is 0 Å². The van der Waals surface area contributed by atoms with Crippen LogP contribution in [0.25, 0.3) is 10.8 Å². The van der Waals surface area contributed by atoms with Crippen LogP contribution in [0.2, 0.25) is 0 Å². The molecule has 0 radical (unpaired) electrons. The molecule has 0 unspecified atom stereocenters. The van der Waals surface area contributed by atoms with Crippen LogP contribution in [0, 0.1) is 6.92 Å². The van der Waals surface area contributed by atoms with Crippen molar-refractivity contribution in [3.05, 3.63) is 82.9 Å². The van der Waals surface area contributed by atoms with Crippen LogP contribution >= 0.6 is 11.3 Å². The topological polar surface area (TPSA) is 120 Å². The molecule has 0 amide bonds. The first-order valence-corrected chi connectivity index (χ1v) is 14.9. The van der Waals surface area contributed by atoms with E-state index in [1.165, 1.54) is 18.4 Å². The Labute approximate surface area is 237 Å².